The highest BCUT2D eigenvalue weighted by Crippen LogP contribution is 2.24. The van der Waals surface area contributed by atoms with Gasteiger partial charge in [-0.15, -0.1) is 0 Å². The Hall–Kier alpha value is -2.90. The summed E-state index contributed by atoms with van der Waals surface area (Å²) < 4.78 is 17.5. The maximum atomic E-state index is 12.6. The third-order valence-corrected chi connectivity index (χ3v) is 3.89. The SMILES string of the molecule is O=c1c2oc3ccccc3c2ncn1C[C@@H](O)COCc1ccco1. The molecule has 128 valence electrons. The smallest absolute Gasteiger partial charge is 0.297 e. The summed E-state index contributed by atoms with van der Waals surface area (Å²) in [4.78, 5) is 16.9. The van der Waals surface area contributed by atoms with Gasteiger partial charge in [0.05, 0.1) is 31.8 Å². The maximum absolute atomic E-state index is 12.6. The molecular formula is C18H16N2O5. The van der Waals surface area contributed by atoms with E-state index in [4.69, 9.17) is 13.6 Å². The molecule has 0 amide bonds. The van der Waals surface area contributed by atoms with Gasteiger partial charge in [-0.25, -0.2) is 4.98 Å². The topological polar surface area (TPSA) is 90.6 Å². The maximum Gasteiger partial charge on any atom is 0.297 e. The lowest BCUT2D eigenvalue weighted by Crippen LogP contribution is -2.29. The first kappa shape index (κ1) is 15.6. The molecule has 3 heterocycles. The Bertz CT molecular complexity index is 1050. The Morgan fingerprint density at radius 1 is 1.24 bits per heavy atom. The minimum atomic E-state index is -0.851. The molecule has 0 aliphatic carbocycles. The first-order valence-electron chi connectivity index (χ1n) is 7.87. The Morgan fingerprint density at radius 2 is 2.12 bits per heavy atom. The van der Waals surface area contributed by atoms with Crippen LogP contribution >= 0.6 is 0 Å². The fourth-order valence-electron chi connectivity index (χ4n) is 2.72. The predicted octanol–water partition coefficient (Wildman–Crippen LogP) is 2.31. The molecule has 0 bridgehead atoms. The molecule has 1 aromatic carbocycles. The van der Waals surface area contributed by atoms with Crippen LogP contribution in [0.4, 0.5) is 0 Å². The summed E-state index contributed by atoms with van der Waals surface area (Å²) in [6.45, 7) is 0.405. The first-order chi connectivity index (χ1) is 12.2. The minimum absolute atomic E-state index is 0.0664. The van der Waals surface area contributed by atoms with Gasteiger partial charge < -0.3 is 18.7 Å². The number of hydrogen-bond donors (Lipinski definition) is 1. The number of aliphatic hydroxyl groups is 1. The zero-order chi connectivity index (χ0) is 17.2. The average molecular weight is 340 g/mol. The van der Waals surface area contributed by atoms with E-state index in [0.717, 1.165) is 5.39 Å². The van der Waals surface area contributed by atoms with E-state index >= 15 is 0 Å². The van der Waals surface area contributed by atoms with Gasteiger partial charge in [-0.3, -0.25) is 9.36 Å². The molecule has 7 heteroatoms. The fourth-order valence-corrected chi connectivity index (χ4v) is 2.72. The molecule has 0 aliphatic rings. The summed E-state index contributed by atoms with van der Waals surface area (Å²) in [6.07, 6.45) is 2.13. The normalized spacial score (nSPS) is 12.8. The number of rotatable bonds is 6. The highest BCUT2D eigenvalue weighted by molar-refractivity contribution is 6.01. The van der Waals surface area contributed by atoms with Crippen molar-refractivity contribution in [1.29, 1.82) is 0 Å². The average Bonchev–Trinajstić information content (AvgIpc) is 3.25. The number of benzene rings is 1. The van der Waals surface area contributed by atoms with E-state index in [2.05, 4.69) is 4.98 Å². The van der Waals surface area contributed by atoms with Crippen LogP contribution in [0.2, 0.25) is 0 Å². The number of aromatic nitrogens is 2. The number of aliphatic hydroxyl groups excluding tert-OH is 1. The molecule has 7 nitrogen and oxygen atoms in total. The molecule has 25 heavy (non-hydrogen) atoms. The highest BCUT2D eigenvalue weighted by Gasteiger charge is 2.15. The number of ether oxygens (including phenoxy) is 1. The molecule has 0 aliphatic heterocycles. The Balaban J connectivity index is 1.50. The number of nitrogens with zero attached hydrogens (tertiary/aromatic N) is 2. The van der Waals surface area contributed by atoms with Crippen molar-refractivity contribution in [2.75, 3.05) is 6.61 Å². The van der Waals surface area contributed by atoms with Gasteiger partial charge in [-0.05, 0) is 24.3 Å². The third kappa shape index (κ3) is 3.07. The molecule has 3 aromatic heterocycles. The number of fused-ring (bicyclic) bond motifs is 3. The van der Waals surface area contributed by atoms with Crippen molar-refractivity contribution >= 4 is 22.1 Å². The predicted molar refractivity (Wildman–Crippen MR) is 90.1 cm³/mol. The molecule has 4 aromatic rings. The van der Waals surface area contributed by atoms with Crippen molar-refractivity contribution in [3.8, 4) is 0 Å². The molecule has 0 saturated heterocycles. The van der Waals surface area contributed by atoms with Crippen LogP contribution in [0.5, 0.6) is 0 Å². The summed E-state index contributed by atoms with van der Waals surface area (Å²) in [5.41, 5.74) is 1.00. The van der Waals surface area contributed by atoms with E-state index in [0.29, 0.717) is 16.9 Å². The zero-order valence-corrected chi connectivity index (χ0v) is 13.3. The molecule has 0 fully saturated rings. The molecule has 0 saturated carbocycles. The van der Waals surface area contributed by atoms with Gasteiger partial charge in [0.15, 0.2) is 0 Å². The molecular weight excluding hydrogens is 324 g/mol. The minimum Gasteiger partial charge on any atom is -0.467 e. The van der Waals surface area contributed by atoms with Crippen LogP contribution in [0.3, 0.4) is 0 Å². The van der Waals surface area contributed by atoms with Crippen LogP contribution in [-0.4, -0.2) is 27.4 Å². The van der Waals surface area contributed by atoms with Gasteiger partial charge in [0.1, 0.15) is 23.5 Å². The van der Waals surface area contributed by atoms with Crippen molar-refractivity contribution in [2.45, 2.75) is 19.3 Å². The van der Waals surface area contributed by atoms with Crippen molar-refractivity contribution < 1.29 is 18.7 Å². The third-order valence-electron chi connectivity index (χ3n) is 3.89. The van der Waals surface area contributed by atoms with Crippen molar-refractivity contribution in [2.24, 2.45) is 0 Å². The Morgan fingerprint density at radius 3 is 2.96 bits per heavy atom. The second kappa shape index (κ2) is 6.54. The van der Waals surface area contributed by atoms with E-state index < -0.39 is 6.10 Å². The molecule has 0 unspecified atom stereocenters. The van der Waals surface area contributed by atoms with Gasteiger partial charge in [0, 0.05) is 5.39 Å². The first-order valence-corrected chi connectivity index (χ1v) is 7.87. The second-order valence-corrected chi connectivity index (χ2v) is 5.73. The van der Waals surface area contributed by atoms with E-state index in [9.17, 15) is 9.90 Å². The summed E-state index contributed by atoms with van der Waals surface area (Å²) in [5, 5.41) is 10.9. The van der Waals surface area contributed by atoms with Crippen molar-refractivity contribution in [1.82, 2.24) is 9.55 Å². The fraction of sp³-hybridized carbons (Fsp3) is 0.222. The molecule has 4 rings (SSSR count). The van der Waals surface area contributed by atoms with E-state index in [-0.39, 0.29) is 30.9 Å². The van der Waals surface area contributed by atoms with Crippen LogP contribution in [0.25, 0.3) is 22.1 Å². The second-order valence-electron chi connectivity index (χ2n) is 5.73. The van der Waals surface area contributed by atoms with Crippen LogP contribution in [-0.2, 0) is 17.9 Å². The monoisotopic (exact) mass is 340 g/mol. The van der Waals surface area contributed by atoms with Crippen molar-refractivity contribution in [3.05, 3.63) is 65.1 Å². The van der Waals surface area contributed by atoms with Gasteiger partial charge in [-0.2, -0.15) is 0 Å². The van der Waals surface area contributed by atoms with Gasteiger partial charge in [0.25, 0.3) is 5.56 Å². The van der Waals surface area contributed by atoms with Gasteiger partial charge in [0.2, 0.25) is 5.58 Å². The van der Waals surface area contributed by atoms with Crippen LogP contribution in [0.1, 0.15) is 5.76 Å². The summed E-state index contributed by atoms with van der Waals surface area (Å²) in [7, 11) is 0. The standard InChI is InChI=1S/C18H16N2O5/c21-12(9-23-10-13-4-3-7-24-13)8-20-11-19-16-14-5-1-2-6-15(14)25-17(16)18(20)22/h1-7,11-12,21H,8-10H2/t12-/m1/s1. The van der Waals surface area contributed by atoms with Gasteiger partial charge >= 0.3 is 0 Å². The largest absolute Gasteiger partial charge is 0.467 e. The van der Waals surface area contributed by atoms with E-state index in [1.807, 2.05) is 18.2 Å². The lowest BCUT2D eigenvalue weighted by Gasteiger charge is -2.12. The molecule has 0 radical (unpaired) electrons. The lowest BCUT2D eigenvalue weighted by molar-refractivity contribution is 0.0142. The number of furan rings is 2. The quantitative estimate of drug-likeness (QED) is 0.579. The van der Waals surface area contributed by atoms with E-state index in [1.165, 1.54) is 10.9 Å². The van der Waals surface area contributed by atoms with Crippen LogP contribution in [0.15, 0.2) is 62.6 Å². The molecule has 1 N–H and O–H groups in total. The molecule has 1 atom stereocenters. The summed E-state index contributed by atoms with van der Waals surface area (Å²) in [6, 6.07) is 10.9. The van der Waals surface area contributed by atoms with Crippen LogP contribution in [0, 0.1) is 0 Å². The van der Waals surface area contributed by atoms with E-state index in [1.54, 1.807) is 24.5 Å². The van der Waals surface area contributed by atoms with Gasteiger partial charge in [-0.1, -0.05) is 12.1 Å². The highest BCUT2D eigenvalue weighted by atomic mass is 16.5. The lowest BCUT2D eigenvalue weighted by atomic mass is 10.2. The number of hydrogen-bond acceptors (Lipinski definition) is 6. The van der Waals surface area contributed by atoms with Crippen molar-refractivity contribution in [3.63, 3.8) is 0 Å². The van der Waals surface area contributed by atoms with Crippen LogP contribution < -0.4 is 5.56 Å². The summed E-state index contributed by atoms with van der Waals surface area (Å²) >= 11 is 0. The Labute approximate surface area is 142 Å². The zero-order valence-electron chi connectivity index (χ0n) is 13.3. The summed E-state index contributed by atoms with van der Waals surface area (Å²) in [5.74, 6) is 0.676. The Kier molecular flexibility index (Phi) is 4.09. The number of para-hydroxylation sites is 1. The molecule has 0 spiro atoms.